The van der Waals surface area contributed by atoms with Gasteiger partial charge in [-0.05, 0) is 64.9 Å². The van der Waals surface area contributed by atoms with Gasteiger partial charge in [0.15, 0.2) is 0 Å². The number of ether oxygens (including phenoxy) is 2. The number of unbranched alkanes of at least 4 members (excludes halogenated alkanes) is 2. The van der Waals surface area contributed by atoms with E-state index < -0.39 is 29.7 Å². The molecule has 33 heavy (non-hydrogen) atoms. The summed E-state index contributed by atoms with van der Waals surface area (Å²) >= 11 is 0. The molecule has 0 fully saturated rings. The Hall–Kier alpha value is -2.65. The van der Waals surface area contributed by atoms with Gasteiger partial charge in [0.05, 0.1) is 0 Å². The number of benzene rings is 1. The molecule has 5 N–H and O–H groups in total. The van der Waals surface area contributed by atoms with Gasteiger partial charge in [-0.15, -0.1) is 0 Å². The number of alkyl carbamates (subject to hydrolysis) is 1. The Morgan fingerprint density at radius 3 is 2.36 bits per heavy atom. The molecule has 2 amide bonds. The lowest BCUT2D eigenvalue weighted by molar-refractivity contribution is -0.146. The first-order valence-electron chi connectivity index (χ1n) is 11.5. The molecule has 0 bridgehead atoms. The lowest BCUT2D eigenvalue weighted by atomic mass is 10.1. The Balaban J connectivity index is 2.52. The van der Waals surface area contributed by atoms with Gasteiger partial charge in [0.1, 0.15) is 24.3 Å². The number of rotatable bonds is 14. The highest BCUT2D eigenvalue weighted by molar-refractivity contribution is 5.85. The maximum atomic E-state index is 12.6. The Bertz CT molecular complexity index is 721. The van der Waals surface area contributed by atoms with E-state index >= 15 is 0 Å². The molecule has 9 nitrogen and oxygen atoms in total. The maximum absolute atomic E-state index is 12.6. The topological polar surface area (TPSA) is 140 Å². The van der Waals surface area contributed by atoms with Crippen LogP contribution in [0.25, 0.3) is 0 Å². The predicted octanol–water partition coefficient (Wildman–Crippen LogP) is 2.40. The van der Waals surface area contributed by atoms with Crippen LogP contribution in [0, 0.1) is 0 Å². The van der Waals surface area contributed by atoms with Crippen LogP contribution < -0.4 is 16.4 Å². The van der Waals surface area contributed by atoms with E-state index in [1.165, 1.54) is 0 Å². The number of nitrogens with two attached hydrogens (primary N) is 1. The molecular formula is C24H39N3O6. The minimum absolute atomic E-state index is 0.116. The number of hydrogen-bond acceptors (Lipinski definition) is 7. The average molecular weight is 466 g/mol. The van der Waals surface area contributed by atoms with Crippen molar-refractivity contribution in [2.45, 2.75) is 83.6 Å². The van der Waals surface area contributed by atoms with Crippen LogP contribution in [0.15, 0.2) is 30.3 Å². The number of esters is 1. The molecule has 186 valence electrons. The molecule has 0 aliphatic heterocycles. The minimum Gasteiger partial charge on any atom is -0.460 e. The highest BCUT2D eigenvalue weighted by atomic mass is 16.6. The average Bonchev–Trinajstić information content (AvgIpc) is 2.75. The van der Waals surface area contributed by atoms with E-state index in [1.807, 2.05) is 30.3 Å². The van der Waals surface area contributed by atoms with E-state index in [-0.39, 0.29) is 19.1 Å². The van der Waals surface area contributed by atoms with Crippen LogP contribution in [0.1, 0.15) is 64.9 Å². The Morgan fingerprint density at radius 1 is 1.03 bits per heavy atom. The molecule has 0 radical (unpaired) electrons. The van der Waals surface area contributed by atoms with Crippen LogP contribution in [0.2, 0.25) is 0 Å². The summed E-state index contributed by atoms with van der Waals surface area (Å²) in [4.78, 5) is 36.9. The molecule has 0 aliphatic carbocycles. The summed E-state index contributed by atoms with van der Waals surface area (Å²) in [5.74, 6) is -0.839. The maximum Gasteiger partial charge on any atom is 0.408 e. The van der Waals surface area contributed by atoms with Gasteiger partial charge >= 0.3 is 12.1 Å². The minimum atomic E-state index is -0.822. The Kier molecular flexibility index (Phi) is 13.1. The van der Waals surface area contributed by atoms with Crippen molar-refractivity contribution in [1.82, 2.24) is 10.6 Å². The van der Waals surface area contributed by atoms with Crippen molar-refractivity contribution in [3.63, 3.8) is 0 Å². The number of hydrogen-bond donors (Lipinski definition) is 4. The first-order chi connectivity index (χ1) is 15.6. The molecular weight excluding hydrogens is 426 g/mol. The largest absolute Gasteiger partial charge is 0.460 e. The SMILES string of the molecule is CC(C)(C)OC(=O)N[C@@H](CCCC(N)C(=O)OCc1ccccc1)C(=O)NCCCCCO. The monoisotopic (exact) mass is 465 g/mol. The molecule has 0 heterocycles. The lowest BCUT2D eigenvalue weighted by Gasteiger charge is -2.23. The highest BCUT2D eigenvalue weighted by Crippen LogP contribution is 2.10. The van der Waals surface area contributed by atoms with E-state index in [2.05, 4.69) is 10.6 Å². The molecule has 9 heteroatoms. The molecule has 0 aromatic heterocycles. The fraction of sp³-hybridized carbons (Fsp3) is 0.625. The molecule has 2 atom stereocenters. The van der Waals surface area contributed by atoms with Crippen molar-refractivity contribution >= 4 is 18.0 Å². The van der Waals surface area contributed by atoms with Crippen molar-refractivity contribution in [2.24, 2.45) is 5.73 Å². The van der Waals surface area contributed by atoms with Crippen LogP contribution in [0.4, 0.5) is 4.79 Å². The van der Waals surface area contributed by atoms with Crippen LogP contribution in [0.5, 0.6) is 0 Å². The lowest BCUT2D eigenvalue weighted by Crippen LogP contribution is -2.48. The van der Waals surface area contributed by atoms with Gasteiger partial charge in [-0.25, -0.2) is 4.79 Å². The van der Waals surface area contributed by atoms with Crippen molar-refractivity contribution in [3.8, 4) is 0 Å². The number of aliphatic hydroxyl groups excluding tert-OH is 1. The zero-order valence-corrected chi connectivity index (χ0v) is 20.0. The third-order valence-corrected chi connectivity index (χ3v) is 4.68. The standard InChI is InChI=1S/C24H39N3O6/c1-24(2,3)33-23(31)27-20(21(29)26-15-8-5-9-16-28)14-10-13-19(25)22(30)32-17-18-11-6-4-7-12-18/h4,6-7,11-12,19-20,28H,5,8-10,13-17,25H2,1-3H3,(H,26,29)(H,27,31)/t19?,20-/m0/s1. The van der Waals surface area contributed by atoms with Gasteiger partial charge in [-0.3, -0.25) is 9.59 Å². The summed E-state index contributed by atoms with van der Waals surface area (Å²) in [5.41, 5.74) is 6.12. The molecule has 1 aromatic rings. The summed E-state index contributed by atoms with van der Waals surface area (Å²) < 4.78 is 10.5. The summed E-state index contributed by atoms with van der Waals surface area (Å²) in [5, 5.41) is 14.2. The zero-order chi connectivity index (χ0) is 24.7. The third kappa shape index (κ3) is 13.5. The van der Waals surface area contributed by atoms with Gasteiger partial charge in [0.2, 0.25) is 5.91 Å². The third-order valence-electron chi connectivity index (χ3n) is 4.68. The second-order valence-corrected chi connectivity index (χ2v) is 8.90. The molecule has 0 aliphatic rings. The smallest absolute Gasteiger partial charge is 0.408 e. The van der Waals surface area contributed by atoms with Crippen LogP contribution in [0.3, 0.4) is 0 Å². The summed E-state index contributed by atoms with van der Waals surface area (Å²) in [6.45, 7) is 5.92. The van der Waals surface area contributed by atoms with E-state index in [0.29, 0.717) is 32.2 Å². The molecule has 1 unspecified atom stereocenters. The molecule has 0 spiro atoms. The summed E-state index contributed by atoms with van der Waals surface area (Å²) in [7, 11) is 0. The van der Waals surface area contributed by atoms with E-state index in [0.717, 1.165) is 18.4 Å². The molecule has 0 saturated heterocycles. The second-order valence-electron chi connectivity index (χ2n) is 8.90. The zero-order valence-electron chi connectivity index (χ0n) is 20.0. The summed E-state index contributed by atoms with van der Waals surface area (Å²) in [6, 6.07) is 7.67. The van der Waals surface area contributed by atoms with Crippen molar-refractivity contribution < 1.29 is 29.0 Å². The van der Waals surface area contributed by atoms with Gasteiger partial charge < -0.3 is 30.9 Å². The van der Waals surface area contributed by atoms with Crippen molar-refractivity contribution in [3.05, 3.63) is 35.9 Å². The predicted molar refractivity (Wildman–Crippen MR) is 125 cm³/mol. The van der Waals surface area contributed by atoms with Crippen molar-refractivity contribution in [2.75, 3.05) is 13.2 Å². The van der Waals surface area contributed by atoms with Gasteiger partial charge in [-0.2, -0.15) is 0 Å². The number of carbonyl (C=O) groups excluding carboxylic acids is 3. The van der Waals surface area contributed by atoms with Gasteiger partial charge in [0.25, 0.3) is 0 Å². The fourth-order valence-electron chi connectivity index (χ4n) is 2.96. The summed E-state index contributed by atoms with van der Waals surface area (Å²) in [6.07, 6.45) is 2.54. The van der Waals surface area contributed by atoms with Gasteiger partial charge in [-0.1, -0.05) is 30.3 Å². The van der Waals surface area contributed by atoms with Crippen LogP contribution in [-0.4, -0.2) is 53.9 Å². The number of aliphatic hydroxyl groups is 1. The first-order valence-corrected chi connectivity index (χ1v) is 11.5. The second kappa shape index (κ2) is 15.2. The normalized spacial score (nSPS) is 13.0. The number of nitrogens with one attached hydrogen (secondary N) is 2. The molecule has 0 saturated carbocycles. The number of carbonyl (C=O) groups is 3. The van der Waals surface area contributed by atoms with Crippen LogP contribution in [-0.2, 0) is 25.7 Å². The fourth-order valence-corrected chi connectivity index (χ4v) is 2.96. The molecule has 1 rings (SSSR count). The highest BCUT2D eigenvalue weighted by Gasteiger charge is 2.25. The number of amides is 2. The van der Waals surface area contributed by atoms with E-state index in [4.69, 9.17) is 20.3 Å². The Morgan fingerprint density at radius 2 is 1.73 bits per heavy atom. The Labute approximate surface area is 196 Å². The first kappa shape index (κ1) is 28.4. The van der Waals surface area contributed by atoms with E-state index in [1.54, 1.807) is 20.8 Å². The van der Waals surface area contributed by atoms with Crippen LogP contribution >= 0.6 is 0 Å². The van der Waals surface area contributed by atoms with E-state index in [9.17, 15) is 14.4 Å². The molecule has 1 aromatic carbocycles. The van der Waals surface area contributed by atoms with Crippen molar-refractivity contribution in [1.29, 1.82) is 0 Å². The van der Waals surface area contributed by atoms with Gasteiger partial charge in [0, 0.05) is 13.2 Å². The quantitative estimate of drug-likeness (QED) is 0.244.